The van der Waals surface area contributed by atoms with Gasteiger partial charge in [-0.2, -0.15) is 0 Å². The van der Waals surface area contributed by atoms with E-state index in [9.17, 15) is 0 Å². The molecule has 1 aliphatic carbocycles. The zero-order valence-corrected chi connectivity index (χ0v) is 32.1. The number of hydrogen-bond donors (Lipinski definition) is 0. The molecule has 0 radical (unpaired) electrons. The largest absolute Gasteiger partial charge is 0.309 e. The summed E-state index contributed by atoms with van der Waals surface area (Å²) in [4.78, 5) is 0. The molecule has 1 aliphatic rings. The van der Waals surface area contributed by atoms with Crippen molar-refractivity contribution in [3.05, 3.63) is 199 Å². The smallest absolute Gasteiger partial charge is 0.168 e. The normalized spacial score (nSPS) is 13.1. The van der Waals surface area contributed by atoms with E-state index in [1.54, 1.807) is 0 Å². The first kappa shape index (κ1) is 32.7. The Morgan fingerprint density at radius 1 is 0.414 bits per heavy atom. The van der Waals surface area contributed by atoms with Gasteiger partial charge in [0.25, 0.3) is 0 Å². The molecule has 3 heterocycles. The van der Waals surface area contributed by atoms with Crippen LogP contribution in [0.2, 0.25) is 0 Å². The topological polar surface area (TPSA) is 40.6 Å². The molecule has 0 bridgehead atoms. The SMILES string of the molecule is CC1(C)c2ccccc2-c2ccc3c(c21)c1ccccc1n3-c1cccc(-n2c3ccccc3c3cccc(-n4c(-c5ccccc5)nnc4-c4ccccc4)c32)c1. The lowest BCUT2D eigenvalue weighted by Gasteiger charge is -2.22. The molecule has 5 heteroatoms. The van der Waals surface area contributed by atoms with Crippen molar-refractivity contribution in [1.82, 2.24) is 23.9 Å². The molecule has 0 amide bonds. The summed E-state index contributed by atoms with van der Waals surface area (Å²) in [5.74, 6) is 1.58. The third-order valence-corrected chi connectivity index (χ3v) is 12.3. The minimum atomic E-state index is -0.138. The number of para-hydroxylation sites is 3. The maximum Gasteiger partial charge on any atom is 0.168 e. The summed E-state index contributed by atoms with van der Waals surface area (Å²) in [6, 6.07) is 67.6. The van der Waals surface area contributed by atoms with Crippen molar-refractivity contribution in [2.75, 3.05) is 0 Å². The van der Waals surface area contributed by atoms with Crippen LogP contribution in [0.5, 0.6) is 0 Å². The number of nitrogens with zero attached hydrogens (tertiary/aromatic N) is 5. The molecular formula is C53H37N5. The lowest BCUT2D eigenvalue weighted by molar-refractivity contribution is 0.666. The summed E-state index contributed by atoms with van der Waals surface area (Å²) in [6.45, 7) is 4.76. The summed E-state index contributed by atoms with van der Waals surface area (Å²) in [5, 5.41) is 14.7. The van der Waals surface area contributed by atoms with E-state index in [0.29, 0.717) is 0 Å². The number of hydrogen-bond acceptors (Lipinski definition) is 2. The van der Waals surface area contributed by atoms with E-state index in [4.69, 9.17) is 10.2 Å². The molecular weight excluding hydrogens is 707 g/mol. The first-order chi connectivity index (χ1) is 28.6. The summed E-state index contributed by atoms with van der Waals surface area (Å²) in [5.41, 5.74) is 15.2. The van der Waals surface area contributed by atoms with Gasteiger partial charge in [-0.1, -0.05) is 159 Å². The van der Waals surface area contributed by atoms with Gasteiger partial charge in [0, 0.05) is 49.5 Å². The fourth-order valence-electron chi connectivity index (χ4n) is 9.89. The van der Waals surface area contributed by atoms with E-state index >= 15 is 0 Å². The Kier molecular flexibility index (Phi) is 6.91. The minimum absolute atomic E-state index is 0.138. The fourth-order valence-corrected chi connectivity index (χ4v) is 9.89. The first-order valence-corrected chi connectivity index (χ1v) is 19.9. The van der Waals surface area contributed by atoms with Gasteiger partial charge in [-0.15, -0.1) is 10.2 Å². The van der Waals surface area contributed by atoms with Gasteiger partial charge in [-0.25, -0.2) is 0 Å². The van der Waals surface area contributed by atoms with Crippen molar-refractivity contribution in [1.29, 1.82) is 0 Å². The van der Waals surface area contributed by atoms with E-state index in [-0.39, 0.29) is 5.41 Å². The second-order valence-corrected chi connectivity index (χ2v) is 15.9. The molecule has 0 spiro atoms. The molecule has 0 aliphatic heterocycles. The number of fused-ring (bicyclic) bond motifs is 10. The van der Waals surface area contributed by atoms with Crippen molar-refractivity contribution in [3.63, 3.8) is 0 Å². The molecule has 0 fully saturated rings. The van der Waals surface area contributed by atoms with Crippen LogP contribution >= 0.6 is 0 Å². The Morgan fingerprint density at radius 3 is 1.71 bits per heavy atom. The van der Waals surface area contributed by atoms with Gasteiger partial charge in [-0.05, 0) is 64.7 Å². The summed E-state index contributed by atoms with van der Waals surface area (Å²) in [6.07, 6.45) is 0. The van der Waals surface area contributed by atoms with Crippen LogP contribution in [0.25, 0.3) is 94.6 Å². The lowest BCUT2D eigenvalue weighted by Crippen LogP contribution is -2.15. The van der Waals surface area contributed by atoms with Crippen LogP contribution in [0.4, 0.5) is 0 Å². The zero-order valence-electron chi connectivity index (χ0n) is 32.1. The van der Waals surface area contributed by atoms with E-state index in [1.165, 1.54) is 54.8 Å². The van der Waals surface area contributed by atoms with E-state index in [0.717, 1.165) is 50.9 Å². The fraction of sp³-hybridized carbons (Fsp3) is 0.0566. The van der Waals surface area contributed by atoms with Crippen molar-refractivity contribution >= 4 is 43.6 Å². The van der Waals surface area contributed by atoms with Crippen molar-refractivity contribution < 1.29 is 0 Å². The Bertz CT molecular complexity index is 3360. The van der Waals surface area contributed by atoms with Crippen LogP contribution < -0.4 is 0 Å². The molecule has 5 nitrogen and oxygen atoms in total. The highest BCUT2D eigenvalue weighted by atomic mass is 15.3. The second kappa shape index (κ2) is 12.2. The Balaban J connectivity index is 1.14. The second-order valence-electron chi connectivity index (χ2n) is 15.9. The van der Waals surface area contributed by atoms with E-state index < -0.39 is 0 Å². The van der Waals surface area contributed by atoms with Crippen molar-refractivity contribution in [3.8, 4) is 51.0 Å². The van der Waals surface area contributed by atoms with Gasteiger partial charge in [0.05, 0.1) is 27.8 Å². The third kappa shape index (κ3) is 4.53. The highest BCUT2D eigenvalue weighted by Gasteiger charge is 2.38. The van der Waals surface area contributed by atoms with Gasteiger partial charge in [0.2, 0.25) is 0 Å². The molecule has 0 N–H and O–H groups in total. The molecule has 274 valence electrons. The highest BCUT2D eigenvalue weighted by molar-refractivity contribution is 6.15. The molecule has 0 saturated heterocycles. The van der Waals surface area contributed by atoms with E-state index in [2.05, 4.69) is 203 Å². The molecule has 0 saturated carbocycles. The summed E-state index contributed by atoms with van der Waals surface area (Å²) < 4.78 is 7.13. The molecule has 11 aromatic rings. The highest BCUT2D eigenvalue weighted by Crippen LogP contribution is 2.53. The van der Waals surface area contributed by atoms with Gasteiger partial charge in [0.15, 0.2) is 11.6 Å². The molecule has 0 atom stereocenters. The molecule has 8 aromatic carbocycles. The van der Waals surface area contributed by atoms with Crippen molar-refractivity contribution in [2.24, 2.45) is 0 Å². The Morgan fingerprint density at radius 2 is 0.983 bits per heavy atom. The Labute approximate surface area is 335 Å². The quantitative estimate of drug-likeness (QED) is 0.176. The average Bonchev–Trinajstić information content (AvgIpc) is 4.02. The summed E-state index contributed by atoms with van der Waals surface area (Å²) in [7, 11) is 0. The lowest BCUT2D eigenvalue weighted by atomic mass is 9.80. The van der Waals surface area contributed by atoms with E-state index in [1.807, 2.05) is 12.1 Å². The van der Waals surface area contributed by atoms with Gasteiger partial charge < -0.3 is 9.13 Å². The summed E-state index contributed by atoms with van der Waals surface area (Å²) >= 11 is 0. The standard InChI is InChI=1S/C53H37N5/c1-53(2)43-27-12-9-23-38(43)40-31-32-46-48(49(40)53)42-25-11-14-29-45(42)56(46)36-21-15-22-37(33-36)57-44-28-13-10-24-39(44)41-26-16-30-47(50(41)57)58-51(34-17-5-3-6-18-34)54-55-52(58)35-19-7-4-8-20-35/h3-33H,1-2H3. The molecule has 0 unspecified atom stereocenters. The predicted molar refractivity (Wildman–Crippen MR) is 238 cm³/mol. The van der Waals surface area contributed by atoms with Crippen LogP contribution in [0.3, 0.4) is 0 Å². The maximum absolute atomic E-state index is 4.86. The average molecular weight is 744 g/mol. The van der Waals surface area contributed by atoms with Crippen LogP contribution in [0, 0.1) is 0 Å². The predicted octanol–water partition coefficient (Wildman–Crippen LogP) is 13.1. The number of aromatic nitrogens is 5. The van der Waals surface area contributed by atoms with Crippen molar-refractivity contribution in [2.45, 2.75) is 19.3 Å². The first-order valence-electron chi connectivity index (χ1n) is 19.9. The monoisotopic (exact) mass is 743 g/mol. The maximum atomic E-state index is 4.86. The number of benzene rings is 8. The van der Waals surface area contributed by atoms with Gasteiger partial charge in [-0.3, -0.25) is 4.57 Å². The third-order valence-electron chi connectivity index (χ3n) is 12.3. The van der Waals surface area contributed by atoms with Crippen LogP contribution in [0.1, 0.15) is 25.0 Å². The van der Waals surface area contributed by atoms with Crippen LogP contribution in [-0.2, 0) is 5.41 Å². The minimum Gasteiger partial charge on any atom is -0.309 e. The molecule has 12 rings (SSSR count). The molecule has 58 heavy (non-hydrogen) atoms. The van der Waals surface area contributed by atoms with Crippen LogP contribution in [-0.4, -0.2) is 23.9 Å². The van der Waals surface area contributed by atoms with Crippen LogP contribution in [0.15, 0.2) is 188 Å². The zero-order chi connectivity index (χ0) is 38.5. The molecule has 3 aromatic heterocycles. The van der Waals surface area contributed by atoms with Gasteiger partial charge in [0.1, 0.15) is 0 Å². The number of rotatable bonds is 5. The Hall–Kier alpha value is -7.50. The van der Waals surface area contributed by atoms with Gasteiger partial charge >= 0.3 is 0 Å².